The number of fused-ring (bicyclic) bond motifs is 3. The van der Waals surface area contributed by atoms with Crippen molar-refractivity contribution in [1.29, 1.82) is 0 Å². The van der Waals surface area contributed by atoms with E-state index in [1.165, 1.54) is 18.4 Å². The Kier molecular flexibility index (Phi) is 5.85. The fourth-order valence-electron chi connectivity index (χ4n) is 4.09. The van der Waals surface area contributed by atoms with Crippen LogP contribution < -0.4 is 0 Å². The Morgan fingerprint density at radius 1 is 1.31 bits per heavy atom. The summed E-state index contributed by atoms with van der Waals surface area (Å²) in [4.78, 5) is 17.8. The lowest BCUT2D eigenvalue weighted by Crippen LogP contribution is -2.33. The van der Waals surface area contributed by atoms with Crippen molar-refractivity contribution >= 4 is 28.5 Å². The van der Waals surface area contributed by atoms with Crippen LogP contribution in [-0.4, -0.2) is 45.7 Å². The van der Waals surface area contributed by atoms with Crippen LogP contribution >= 0.6 is 11.6 Å². The van der Waals surface area contributed by atoms with Crippen LogP contribution in [0.2, 0.25) is 5.02 Å². The molecule has 29 heavy (non-hydrogen) atoms. The van der Waals surface area contributed by atoms with E-state index in [4.69, 9.17) is 16.3 Å². The van der Waals surface area contributed by atoms with Crippen molar-refractivity contribution in [3.05, 3.63) is 64.6 Å². The maximum absolute atomic E-state index is 11.5. The number of hydrogen-bond acceptors (Lipinski definition) is 5. The molecule has 1 atom stereocenters. The standard InChI is InChI=1S/C22H24ClN3O3/c1-29-22(28)7-11-25-10-6-20-18(13-25)17-12-16(23)2-3-19(17)26(20)14-21(27)15-4-8-24-9-5-15/h2-5,8-9,12,21,27H,6-7,10-11,13-14H2,1H3. The van der Waals surface area contributed by atoms with Crippen molar-refractivity contribution in [3.63, 3.8) is 0 Å². The van der Waals surface area contributed by atoms with Gasteiger partial charge in [0.05, 0.1) is 26.2 Å². The van der Waals surface area contributed by atoms with Crippen molar-refractivity contribution in [1.82, 2.24) is 14.5 Å². The second-order valence-electron chi connectivity index (χ2n) is 7.35. The first-order valence-corrected chi connectivity index (χ1v) is 10.1. The molecule has 7 heteroatoms. The van der Waals surface area contributed by atoms with Crippen LogP contribution in [0.15, 0.2) is 42.7 Å². The zero-order valence-corrected chi connectivity index (χ0v) is 17.1. The van der Waals surface area contributed by atoms with Crippen LogP contribution in [0.3, 0.4) is 0 Å². The molecule has 1 aromatic carbocycles. The molecular weight excluding hydrogens is 390 g/mol. The topological polar surface area (TPSA) is 67.6 Å². The lowest BCUT2D eigenvalue weighted by atomic mass is 10.0. The molecule has 0 saturated heterocycles. The maximum Gasteiger partial charge on any atom is 0.306 e. The Morgan fingerprint density at radius 2 is 2.10 bits per heavy atom. The molecule has 6 nitrogen and oxygen atoms in total. The van der Waals surface area contributed by atoms with Crippen LogP contribution in [-0.2, 0) is 29.0 Å². The number of aliphatic hydroxyl groups excluding tert-OH is 1. The number of nitrogens with zero attached hydrogens (tertiary/aromatic N) is 3. The summed E-state index contributed by atoms with van der Waals surface area (Å²) in [6, 6.07) is 9.59. The Labute approximate surface area is 174 Å². The fourth-order valence-corrected chi connectivity index (χ4v) is 4.26. The van der Waals surface area contributed by atoms with Crippen molar-refractivity contribution in [2.24, 2.45) is 0 Å². The van der Waals surface area contributed by atoms with E-state index in [1.54, 1.807) is 12.4 Å². The highest BCUT2D eigenvalue weighted by molar-refractivity contribution is 6.31. The molecule has 0 saturated carbocycles. The van der Waals surface area contributed by atoms with E-state index in [9.17, 15) is 9.90 Å². The second-order valence-corrected chi connectivity index (χ2v) is 7.78. The Hall–Kier alpha value is -2.41. The van der Waals surface area contributed by atoms with E-state index < -0.39 is 6.10 Å². The predicted molar refractivity (Wildman–Crippen MR) is 112 cm³/mol. The summed E-state index contributed by atoms with van der Waals surface area (Å²) in [6.45, 7) is 2.75. The highest BCUT2D eigenvalue weighted by atomic mass is 35.5. The predicted octanol–water partition coefficient (Wildman–Crippen LogP) is 3.34. The van der Waals surface area contributed by atoms with Gasteiger partial charge in [-0.05, 0) is 41.5 Å². The minimum Gasteiger partial charge on any atom is -0.469 e. The van der Waals surface area contributed by atoms with Gasteiger partial charge in [0.2, 0.25) is 0 Å². The molecule has 1 aliphatic heterocycles. The van der Waals surface area contributed by atoms with Gasteiger partial charge in [0.15, 0.2) is 0 Å². The molecule has 1 N–H and O–H groups in total. The third-order valence-electron chi connectivity index (χ3n) is 5.60. The highest BCUT2D eigenvalue weighted by Crippen LogP contribution is 2.34. The Balaban J connectivity index is 1.65. The minimum absolute atomic E-state index is 0.193. The third kappa shape index (κ3) is 4.15. The SMILES string of the molecule is COC(=O)CCN1CCc2c(c3cc(Cl)ccc3n2CC(O)c2ccncc2)C1. The van der Waals surface area contributed by atoms with Crippen molar-refractivity contribution in [2.45, 2.75) is 32.0 Å². The van der Waals surface area contributed by atoms with Crippen molar-refractivity contribution < 1.29 is 14.6 Å². The number of aromatic nitrogens is 2. The molecule has 1 aliphatic rings. The van der Waals surface area contributed by atoms with Gasteiger partial charge in [0.25, 0.3) is 0 Å². The lowest BCUT2D eigenvalue weighted by Gasteiger charge is -2.28. The summed E-state index contributed by atoms with van der Waals surface area (Å²) in [5, 5.41) is 12.6. The zero-order valence-electron chi connectivity index (χ0n) is 16.3. The summed E-state index contributed by atoms with van der Waals surface area (Å²) >= 11 is 6.29. The first-order valence-electron chi connectivity index (χ1n) is 9.73. The molecule has 0 amide bonds. The number of carbonyl (C=O) groups excluding carboxylic acids is 1. The Morgan fingerprint density at radius 3 is 2.86 bits per heavy atom. The van der Waals surface area contributed by atoms with Gasteiger partial charge in [-0.3, -0.25) is 14.7 Å². The summed E-state index contributed by atoms with van der Waals surface area (Å²) in [6.07, 6.45) is 4.00. The van der Waals surface area contributed by atoms with Crippen LogP contribution in [0, 0.1) is 0 Å². The van der Waals surface area contributed by atoms with Crippen molar-refractivity contribution in [3.8, 4) is 0 Å². The second kappa shape index (κ2) is 8.53. The first-order chi connectivity index (χ1) is 14.1. The normalized spacial score (nSPS) is 15.3. The smallest absolute Gasteiger partial charge is 0.306 e. The number of ether oxygens (including phenoxy) is 1. The van der Waals surface area contributed by atoms with Gasteiger partial charge < -0.3 is 14.4 Å². The number of esters is 1. The molecule has 0 spiro atoms. The van der Waals surface area contributed by atoms with E-state index in [1.807, 2.05) is 30.3 Å². The molecule has 152 valence electrons. The minimum atomic E-state index is -0.620. The van der Waals surface area contributed by atoms with Gasteiger partial charge in [-0.2, -0.15) is 0 Å². The number of rotatable bonds is 6. The number of carbonyl (C=O) groups is 1. The summed E-state index contributed by atoms with van der Waals surface area (Å²) in [7, 11) is 1.42. The van der Waals surface area contributed by atoms with E-state index in [0.717, 1.165) is 36.0 Å². The molecular formula is C22H24ClN3O3. The van der Waals surface area contributed by atoms with E-state index in [-0.39, 0.29) is 5.97 Å². The molecule has 3 aromatic rings. The zero-order chi connectivity index (χ0) is 20.4. The van der Waals surface area contributed by atoms with Crippen LogP contribution in [0.4, 0.5) is 0 Å². The fraction of sp³-hybridized carbons (Fsp3) is 0.364. The molecule has 3 heterocycles. The van der Waals surface area contributed by atoms with Crippen LogP contribution in [0.1, 0.15) is 29.3 Å². The van der Waals surface area contributed by atoms with Gasteiger partial charge in [0, 0.05) is 60.1 Å². The number of methoxy groups -OCH3 is 1. The molecule has 0 radical (unpaired) electrons. The number of aliphatic hydroxyl groups is 1. The average molecular weight is 414 g/mol. The summed E-state index contributed by atoms with van der Waals surface area (Å²) in [5.41, 5.74) is 4.37. The Bertz CT molecular complexity index is 1020. The number of benzene rings is 1. The van der Waals surface area contributed by atoms with Gasteiger partial charge in [-0.1, -0.05) is 11.6 Å². The number of halogens is 1. The van der Waals surface area contributed by atoms with E-state index in [2.05, 4.69) is 14.5 Å². The molecule has 0 aliphatic carbocycles. The molecule has 1 unspecified atom stereocenters. The third-order valence-corrected chi connectivity index (χ3v) is 5.84. The van der Waals surface area contributed by atoms with E-state index in [0.29, 0.717) is 24.5 Å². The van der Waals surface area contributed by atoms with Gasteiger partial charge in [0.1, 0.15) is 0 Å². The van der Waals surface area contributed by atoms with Crippen molar-refractivity contribution in [2.75, 3.05) is 20.2 Å². The first kappa shape index (κ1) is 19.9. The number of pyridine rings is 1. The van der Waals surface area contributed by atoms with E-state index >= 15 is 0 Å². The van der Waals surface area contributed by atoms with Gasteiger partial charge in [-0.25, -0.2) is 0 Å². The molecule has 0 bridgehead atoms. The maximum atomic E-state index is 11.5. The van der Waals surface area contributed by atoms with Crippen LogP contribution in [0.25, 0.3) is 10.9 Å². The lowest BCUT2D eigenvalue weighted by molar-refractivity contribution is -0.141. The van der Waals surface area contributed by atoms with Crippen LogP contribution in [0.5, 0.6) is 0 Å². The number of hydrogen-bond donors (Lipinski definition) is 1. The molecule has 4 rings (SSSR count). The van der Waals surface area contributed by atoms with Gasteiger partial charge >= 0.3 is 5.97 Å². The molecule has 0 fully saturated rings. The van der Waals surface area contributed by atoms with Gasteiger partial charge in [-0.15, -0.1) is 0 Å². The molecule has 2 aromatic heterocycles. The quantitative estimate of drug-likeness (QED) is 0.628. The monoisotopic (exact) mass is 413 g/mol. The highest BCUT2D eigenvalue weighted by Gasteiger charge is 2.25. The largest absolute Gasteiger partial charge is 0.469 e. The summed E-state index contributed by atoms with van der Waals surface area (Å²) < 4.78 is 6.98. The summed E-state index contributed by atoms with van der Waals surface area (Å²) in [5.74, 6) is -0.193. The average Bonchev–Trinajstić information content (AvgIpc) is 3.04.